The van der Waals surface area contributed by atoms with E-state index in [-0.39, 0.29) is 11.3 Å². The van der Waals surface area contributed by atoms with E-state index in [1.54, 1.807) is 33.1 Å². The van der Waals surface area contributed by atoms with Gasteiger partial charge in [-0.3, -0.25) is 4.79 Å². The van der Waals surface area contributed by atoms with Crippen LogP contribution in [0.1, 0.15) is 10.9 Å². The normalized spacial score (nSPS) is 16.3. The predicted molar refractivity (Wildman–Crippen MR) is 105 cm³/mol. The maximum Gasteiger partial charge on any atom is 0.233 e. The zero-order valence-electron chi connectivity index (χ0n) is 15.6. The molecule has 0 N–H and O–H groups in total. The van der Waals surface area contributed by atoms with Crippen LogP contribution in [0.15, 0.2) is 42.5 Å². The molecule has 1 aliphatic rings. The van der Waals surface area contributed by atoms with Crippen molar-refractivity contribution in [2.24, 2.45) is 0 Å². The fraction of sp³-hybridized carbons (Fsp3) is 0.350. The Labute approximate surface area is 163 Å². The fourth-order valence-electron chi connectivity index (χ4n) is 2.92. The van der Waals surface area contributed by atoms with E-state index in [0.717, 1.165) is 28.6 Å². The van der Waals surface area contributed by atoms with Crippen LogP contribution >= 0.6 is 11.8 Å². The summed E-state index contributed by atoms with van der Waals surface area (Å²) in [5.74, 6) is 3.52. The molecule has 3 rings (SSSR count). The molecule has 6 nitrogen and oxygen atoms in total. The molecule has 7 heteroatoms. The summed E-state index contributed by atoms with van der Waals surface area (Å²) in [7, 11) is 4.88. The molecule has 144 valence electrons. The molecular formula is C20H23NO5S. The zero-order chi connectivity index (χ0) is 19.2. The van der Waals surface area contributed by atoms with Crippen molar-refractivity contribution >= 4 is 17.7 Å². The van der Waals surface area contributed by atoms with E-state index in [9.17, 15) is 4.79 Å². The maximum absolute atomic E-state index is 12.4. The number of nitrogens with zero attached hydrogens (tertiary/aromatic N) is 1. The van der Waals surface area contributed by atoms with Crippen molar-refractivity contribution in [1.29, 1.82) is 0 Å². The average Bonchev–Trinajstić information content (AvgIpc) is 3.08. The number of benzene rings is 2. The zero-order valence-corrected chi connectivity index (χ0v) is 16.5. The van der Waals surface area contributed by atoms with Crippen LogP contribution in [0.3, 0.4) is 0 Å². The van der Waals surface area contributed by atoms with Gasteiger partial charge in [-0.1, -0.05) is 0 Å². The number of hydrogen-bond donors (Lipinski definition) is 0. The van der Waals surface area contributed by atoms with E-state index < -0.39 is 0 Å². The number of carbonyl (C=O) groups excluding carboxylic acids is 1. The second-order valence-electron chi connectivity index (χ2n) is 5.88. The first-order chi connectivity index (χ1) is 13.2. The van der Waals surface area contributed by atoms with Crippen LogP contribution in [0.25, 0.3) is 0 Å². The van der Waals surface area contributed by atoms with Gasteiger partial charge >= 0.3 is 0 Å². The van der Waals surface area contributed by atoms with Gasteiger partial charge in [0, 0.05) is 5.56 Å². The third-order valence-electron chi connectivity index (χ3n) is 4.33. The molecule has 1 heterocycles. The topological polar surface area (TPSA) is 57.2 Å². The monoisotopic (exact) mass is 389 g/mol. The summed E-state index contributed by atoms with van der Waals surface area (Å²) in [6.45, 7) is 0.893. The van der Waals surface area contributed by atoms with Gasteiger partial charge in [0.05, 0.1) is 33.6 Å². The molecule has 0 aliphatic carbocycles. The molecule has 27 heavy (non-hydrogen) atoms. The molecule has 1 saturated heterocycles. The molecule has 0 bridgehead atoms. The van der Waals surface area contributed by atoms with Crippen LogP contribution in [0.4, 0.5) is 0 Å². The Kier molecular flexibility index (Phi) is 6.34. The Balaban J connectivity index is 1.69. The maximum atomic E-state index is 12.4. The van der Waals surface area contributed by atoms with Crippen molar-refractivity contribution in [2.75, 3.05) is 40.2 Å². The first-order valence-electron chi connectivity index (χ1n) is 8.56. The lowest BCUT2D eigenvalue weighted by Gasteiger charge is -2.25. The van der Waals surface area contributed by atoms with Gasteiger partial charge in [0.25, 0.3) is 0 Å². The Hall–Kier alpha value is -2.54. The standard InChI is InChI=1S/C20H23NO5S/c1-23-14-4-6-15(7-5-14)26-11-10-21-19(22)13-27-20(21)17-12-16(24-2)8-9-18(17)25-3/h4-9,12,20H,10-11,13H2,1-3H3. The second kappa shape index (κ2) is 8.90. The molecular weight excluding hydrogens is 366 g/mol. The van der Waals surface area contributed by atoms with E-state index in [2.05, 4.69) is 0 Å². The summed E-state index contributed by atoms with van der Waals surface area (Å²) in [5.41, 5.74) is 0.928. The highest BCUT2D eigenvalue weighted by Crippen LogP contribution is 2.43. The third-order valence-corrected chi connectivity index (χ3v) is 5.57. The van der Waals surface area contributed by atoms with E-state index in [0.29, 0.717) is 18.9 Å². The molecule has 0 radical (unpaired) electrons. The predicted octanol–water partition coefficient (Wildman–Crippen LogP) is 3.37. The average molecular weight is 389 g/mol. The van der Waals surface area contributed by atoms with Crippen molar-refractivity contribution < 1.29 is 23.7 Å². The summed E-state index contributed by atoms with van der Waals surface area (Å²) in [4.78, 5) is 14.2. The Morgan fingerprint density at radius 2 is 1.63 bits per heavy atom. The molecule has 1 fully saturated rings. The molecule has 2 aromatic rings. The Morgan fingerprint density at radius 3 is 2.30 bits per heavy atom. The summed E-state index contributed by atoms with van der Waals surface area (Å²) in [6, 6.07) is 13.0. The van der Waals surface area contributed by atoms with Gasteiger partial charge in [-0.2, -0.15) is 0 Å². The number of thioether (sulfide) groups is 1. The molecule has 0 aromatic heterocycles. The van der Waals surface area contributed by atoms with Gasteiger partial charge < -0.3 is 23.8 Å². The van der Waals surface area contributed by atoms with Crippen LogP contribution in [0.2, 0.25) is 0 Å². The van der Waals surface area contributed by atoms with Gasteiger partial charge in [0.2, 0.25) is 5.91 Å². The minimum Gasteiger partial charge on any atom is -0.497 e. The van der Waals surface area contributed by atoms with Gasteiger partial charge in [-0.05, 0) is 42.5 Å². The smallest absolute Gasteiger partial charge is 0.233 e. The highest BCUT2D eigenvalue weighted by molar-refractivity contribution is 8.00. The largest absolute Gasteiger partial charge is 0.497 e. The van der Waals surface area contributed by atoms with Crippen LogP contribution in [-0.2, 0) is 4.79 Å². The number of hydrogen-bond acceptors (Lipinski definition) is 6. The quantitative estimate of drug-likeness (QED) is 0.690. The van der Waals surface area contributed by atoms with Crippen molar-refractivity contribution in [1.82, 2.24) is 4.90 Å². The van der Waals surface area contributed by atoms with Crippen LogP contribution in [0, 0.1) is 0 Å². The van der Waals surface area contributed by atoms with Gasteiger partial charge in [-0.25, -0.2) is 0 Å². The molecule has 1 amide bonds. The van der Waals surface area contributed by atoms with Crippen molar-refractivity contribution in [3.8, 4) is 23.0 Å². The van der Waals surface area contributed by atoms with Crippen molar-refractivity contribution in [2.45, 2.75) is 5.37 Å². The summed E-state index contributed by atoms with van der Waals surface area (Å²) in [5, 5.41) is -0.123. The van der Waals surface area contributed by atoms with Gasteiger partial charge in [0.15, 0.2) is 0 Å². The third kappa shape index (κ3) is 4.42. The first kappa shape index (κ1) is 19.2. The summed E-state index contributed by atoms with van der Waals surface area (Å²) >= 11 is 1.58. The first-order valence-corrected chi connectivity index (χ1v) is 9.61. The molecule has 0 spiro atoms. The SMILES string of the molecule is COc1ccc(OCCN2C(=O)CSC2c2cc(OC)ccc2OC)cc1. The van der Waals surface area contributed by atoms with E-state index in [4.69, 9.17) is 18.9 Å². The van der Waals surface area contributed by atoms with Gasteiger partial charge in [-0.15, -0.1) is 11.8 Å². The lowest BCUT2D eigenvalue weighted by atomic mass is 10.1. The molecule has 0 saturated carbocycles. The van der Waals surface area contributed by atoms with E-state index in [1.807, 2.05) is 47.4 Å². The Morgan fingerprint density at radius 1 is 0.963 bits per heavy atom. The molecule has 1 atom stereocenters. The molecule has 1 unspecified atom stereocenters. The number of rotatable bonds is 8. The second-order valence-corrected chi connectivity index (χ2v) is 6.95. The summed E-state index contributed by atoms with van der Waals surface area (Å²) < 4.78 is 21.7. The van der Waals surface area contributed by atoms with E-state index >= 15 is 0 Å². The highest BCUT2D eigenvalue weighted by atomic mass is 32.2. The van der Waals surface area contributed by atoms with Crippen molar-refractivity contribution in [3.05, 3.63) is 48.0 Å². The van der Waals surface area contributed by atoms with Crippen molar-refractivity contribution in [3.63, 3.8) is 0 Å². The van der Waals surface area contributed by atoms with Crippen LogP contribution in [0.5, 0.6) is 23.0 Å². The number of methoxy groups -OCH3 is 3. The number of ether oxygens (including phenoxy) is 4. The summed E-state index contributed by atoms with van der Waals surface area (Å²) in [6.07, 6.45) is 0. The number of amides is 1. The minimum atomic E-state index is -0.123. The Bertz CT molecular complexity index is 780. The minimum absolute atomic E-state index is 0.0909. The lowest BCUT2D eigenvalue weighted by Crippen LogP contribution is -2.32. The van der Waals surface area contributed by atoms with Gasteiger partial charge in [0.1, 0.15) is 35.0 Å². The fourth-order valence-corrected chi connectivity index (χ4v) is 4.15. The molecule has 1 aliphatic heterocycles. The lowest BCUT2D eigenvalue weighted by molar-refractivity contribution is -0.128. The highest BCUT2D eigenvalue weighted by Gasteiger charge is 2.34. The van der Waals surface area contributed by atoms with Crippen LogP contribution < -0.4 is 18.9 Å². The van der Waals surface area contributed by atoms with Crippen LogP contribution in [-0.4, -0.2) is 51.0 Å². The van der Waals surface area contributed by atoms with E-state index in [1.165, 1.54) is 0 Å². The molecule has 2 aromatic carbocycles. The number of carbonyl (C=O) groups is 1.